The van der Waals surface area contributed by atoms with Gasteiger partial charge in [0.2, 0.25) is 0 Å². The Labute approximate surface area is 299 Å². The normalized spacial score (nSPS) is 12.7. The van der Waals surface area contributed by atoms with Gasteiger partial charge in [0.1, 0.15) is 0 Å². The van der Waals surface area contributed by atoms with Gasteiger partial charge in [-0.1, -0.05) is 172 Å². The van der Waals surface area contributed by atoms with Crippen molar-refractivity contribution in [1.82, 2.24) is 9.97 Å². The van der Waals surface area contributed by atoms with Gasteiger partial charge in [0.15, 0.2) is 5.82 Å². The second kappa shape index (κ2) is 12.5. The summed E-state index contributed by atoms with van der Waals surface area (Å²) in [6.07, 6.45) is 0. The van der Waals surface area contributed by atoms with Crippen molar-refractivity contribution < 1.29 is 0 Å². The Morgan fingerprint density at radius 3 is 1.45 bits per heavy atom. The van der Waals surface area contributed by atoms with Crippen LogP contribution in [0, 0.1) is 0 Å². The van der Waals surface area contributed by atoms with Crippen LogP contribution in [0.5, 0.6) is 0 Å². The molecule has 0 spiro atoms. The summed E-state index contributed by atoms with van der Waals surface area (Å²) in [7, 11) is 0. The fourth-order valence-electron chi connectivity index (χ4n) is 7.56. The van der Waals surface area contributed by atoms with Crippen molar-refractivity contribution in [1.29, 1.82) is 0 Å². The number of aromatic nitrogens is 2. The summed E-state index contributed by atoms with van der Waals surface area (Å²) < 4.78 is 0. The first-order valence-corrected chi connectivity index (χ1v) is 17.6. The molecule has 0 bridgehead atoms. The lowest BCUT2D eigenvalue weighted by Gasteiger charge is -2.21. The zero-order valence-electron chi connectivity index (χ0n) is 28.7. The van der Waals surface area contributed by atoms with Crippen LogP contribution >= 0.6 is 0 Å². The Morgan fingerprint density at radius 1 is 0.314 bits per heavy atom. The third-order valence-electron chi connectivity index (χ3n) is 10.3. The van der Waals surface area contributed by atoms with Gasteiger partial charge in [-0.15, -0.1) is 0 Å². The van der Waals surface area contributed by atoms with Crippen LogP contribution in [0.1, 0.15) is 25.0 Å². The number of benzene rings is 7. The van der Waals surface area contributed by atoms with Crippen molar-refractivity contribution in [2.45, 2.75) is 19.3 Å². The summed E-state index contributed by atoms with van der Waals surface area (Å²) in [6, 6.07) is 64.9. The molecule has 8 aromatic rings. The molecule has 1 heterocycles. The summed E-state index contributed by atoms with van der Waals surface area (Å²) in [5, 5.41) is 0. The van der Waals surface area contributed by atoms with Crippen molar-refractivity contribution in [3.63, 3.8) is 0 Å². The predicted molar refractivity (Wildman–Crippen MR) is 212 cm³/mol. The highest BCUT2D eigenvalue weighted by molar-refractivity contribution is 5.85. The van der Waals surface area contributed by atoms with E-state index in [4.69, 9.17) is 9.97 Å². The van der Waals surface area contributed by atoms with Gasteiger partial charge in [0, 0.05) is 22.1 Å². The maximum atomic E-state index is 5.12. The van der Waals surface area contributed by atoms with E-state index in [0.717, 1.165) is 33.6 Å². The first kappa shape index (κ1) is 30.7. The molecule has 9 rings (SSSR count). The van der Waals surface area contributed by atoms with Crippen LogP contribution in [0.4, 0.5) is 0 Å². The first-order valence-electron chi connectivity index (χ1n) is 17.6. The lowest BCUT2D eigenvalue weighted by Crippen LogP contribution is -2.14. The van der Waals surface area contributed by atoms with E-state index in [1.165, 1.54) is 50.1 Å². The molecule has 0 radical (unpaired) electrons. The third kappa shape index (κ3) is 5.65. The Balaban J connectivity index is 1.09. The van der Waals surface area contributed by atoms with Crippen molar-refractivity contribution in [3.05, 3.63) is 193 Å². The van der Waals surface area contributed by atoms with E-state index in [2.05, 4.69) is 172 Å². The molecule has 1 aliphatic rings. The Bertz CT molecular complexity index is 2530. The molecular weight excluding hydrogens is 617 g/mol. The molecule has 0 N–H and O–H groups in total. The minimum Gasteiger partial charge on any atom is -0.228 e. The van der Waals surface area contributed by atoms with E-state index < -0.39 is 0 Å². The number of hydrogen-bond acceptors (Lipinski definition) is 2. The zero-order chi connectivity index (χ0) is 34.4. The molecule has 0 fully saturated rings. The summed E-state index contributed by atoms with van der Waals surface area (Å²) in [5.74, 6) is 0.712. The summed E-state index contributed by atoms with van der Waals surface area (Å²) in [6.45, 7) is 4.66. The quantitative estimate of drug-likeness (QED) is 0.179. The molecule has 1 aromatic heterocycles. The molecule has 242 valence electrons. The fourth-order valence-corrected chi connectivity index (χ4v) is 7.56. The third-order valence-corrected chi connectivity index (χ3v) is 10.3. The topological polar surface area (TPSA) is 25.8 Å². The van der Waals surface area contributed by atoms with Gasteiger partial charge >= 0.3 is 0 Å². The molecular formula is C49H36N2. The minimum atomic E-state index is -0.000403. The Morgan fingerprint density at radius 2 is 0.765 bits per heavy atom. The van der Waals surface area contributed by atoms with Gasteiger partial charge in [-0.05, 0) is 79.9 Å². The molecule has 51 heavy (non-hydrogen) atoms. The molecule has 2 heteroatoms. The highest BCUT2D eigenvalue weighted by Gasteiger charge is 2.35. The van der Waals surface area contributed by atoms with Gasteiger partial charge in [-0.2, -0.15) is 0 Å². The molecule has 2 nitrogen and oxygen atoms in total. The molecule has 0 saturated carbocycles. The van der Waals surface area contributed by atoms with E-state index in [-0.39, 0.29) is 5.41 Å². The highest BCUT2D eigenvalue weighted by Crippen LogP contribution is 2.49. The summed E-state index contributed by atoms with van der Waals surface area (Å²) in [4.78, 5) is 10.2. The smallest absolute Gasteiger partial charge is 0.160 e. The summed E-state index contributed by atoms with van der Waals surface area (Å²) >= 11 is 0. The van der Waals surface area contributed by atoms with Crippen LogP contribution in [0.2, 0.25) is 0 Å². The molecule has 0 amide bonds. The van der Waals surface area contributed by atoms with Crippen molar-refractivity contribution >= 4 is 0 Å². The Hall–Kier alpha value is -6.38. The number of hydrogen-bond donors (Lipinski definition) is 0. The van der Waals surface area contributed by atoms with Gasteiger partial charge in [0.25, 0.3) is 0 Å². The maximum Gasteiger partial charge on any atom is 0.160 e. The lowest BCUT2D eigenvalue weighted by molar-refractivity contribution is 0.660. The van der Waals surface area contributed by atoms with E-state index in [9.17, 15) is 0 Å². The summed E-state index contributed by atoms with van der Waals surface area (Å²) in [5.41, 5.74) is 17.5. The molecule has 0 saturated heterocycles. The second-order valence-electron chi connectivity index (χ2n) is 13.9. The van der Waals surface area contributed by atoms with E-state index in [0.29, 0.717) is 5.82 Å². The van der Waals surface area contributed by atoms with Crippen LogP contribution in [0.25, 0.3) is 78.4 Å². The molecule has 0 aliphatic heterocycles. The van der Waals surface area contributed by atoms with Crippen LogP contribution in [-0.2, 0) is 5.41 Å². The van der Waals surface area contributed by atoms with Crippen molar-refractivity contribution in [2.75, 3.05) is 0 Å². The SMILES string of the molecule is CC1(C)c2ccccc2-c2cc(-c3cccc(-c4cccc(-c5cc(-c6ccc(-c7ccccc7)cc6)nc(-c6ccccc6)n5)c4)c3)ccc21. The van der Waals surface area contributed by atoms with Crippen LogP contribution in [0.15, 0.2) is 182 Å². The lowest BCUT2D eigenvalue weighted by atomic mass is 9.82. The molecule has 0 unspecified atom stereocenters. The van der Waals surface area contributed by atoms with E-state index in [1.54, 1.807) is 0 Å². The minimum absolute atomic E-state index is 0.000403. The first-order chi connectivity index (χ1) is 25.0. The van der Waals surface area contributed by atoms with Gasteiger partial charge in [-0.25, -0.2) is 9.97 Å². The zero-order valence-corrected chi connectivity index (χ0v) is 28.7. The van der Waals surface area contributed by atoms with Crippen LogP contribution in [-0.4, -0.2) is 9.97 Å². The number of rotatable bonds is 6. The largest absolute Gasteiger partial charge is 0.228 e. The van der Waals surface area contributed by atoms with Gasteiger partial charge in [0.05, 0.1) is 11.4 Å². The average molecular weight is 653 g/mol. The van der Waals surface area contributed by atoms with Crippen molar-refractivity contribution in [3.8, 4) is 78.4 Å². The van der Waals surface area contributed by atoms with E-state index in [1.807, 2.05) is 24.3 Å². The number of fused-ring (bicyclic) bond motifs is 3. The fraction of sp³-hybridized carbons (Fsp3) is 0.0612. The average Bonchev–Trinajstić information content (AvgIpc) is 3.44. The monoisotopic (exact) mass is 652 g/mol. The Kier molecular flexibility index (Phi) is 7.51. The van der Waals surface area contributed by atoms with Gasteiger partial charge in [-0.3, -0.25) is 0 Å². The number of nitrogens with zero attached hydrogens (tertiary/aromatic N) is 2. The van der Waals surface area contributed by atoms with Gasteiger partial charge < -0.3 is 0 Å². The predicted octanol–water partition coefficient (Wildman–Crippen LogP) is 12.8. The van der Waals surface area contributed by atoms with Crippen molar-refractivity contribution in [2.24, 2.45) is 0 Å². The maximum absolute atomic E-state index is 5.12. The second-order valence-corrected chi connectivity index (χ2v) is 13.9. The molecule has 1 aliphatic carbocycles. The van der Waals surface area contributed by atoms with Crippen LogP contribution in [0.3, 0.4) is 0 Å². The van der Waals surface area contributed by atoms with E-state index >= 15 is 0 Å². The highest BCUT2D eigenvalue weighted by atomic mass is 14.9. The molecule has 7 aromatic carbocycles. The molecule has 0 atom stereocenters. The standard InChI is InChI=1S/C49H36N2/c1-49(2)44-22-10-9-21-42(44)43-31-40(27-28-45(43)49)38-18-11-17-37(29-38)39-19-12-20-41(30-39)47-32-46(50-48(51-47)36-15-7-4-8-16-36)35-25-23-34(24-26-35)33-13-5-3-6-14-33/h3-32H,1-2H3. The van der Waals surface area contributed by atoms with Crippen LogP contribution < -0.4 is 0 Å².